The van der Waals surface area contributed by atoms with Crippen LogP contribution >= 0.6 is 0 Å². The lowest BCUT2D eigenvalue weighted by atomic mass is 9.83. The molecule has 1 fully saturated rings. The first-order valence-electron chi connectivity index (χ1n) is 5.85. The van der Waals surface area contributed by atoms with Crippen LogP contribution in [-0.2, 0) is 6.18 Å². The minimum Gasteiger partial charge on any atom is -0.206 e. The van der Waals surface area contributed by atoms with E-state index in [4.69, 9.17) is 0 Å². The molecule has 0 heterocycles. The van der Waals surface area contributed by atoms with Crippen LogP contribution < -0.4 is 0 Å². The van der Waals surface area contributed by atoms with E-state index in [1.807, 2.05) is 0 Å². The Morgan fingerprint density at radius 1 is 1.00 bits per heavy atom. The summed E-state index contributed by atoms with van der Waals surface area (Å²) in [6, 6.07) is 3.40. The van der Waals surface area contributed by atoms with Crippen molar-refractivity contribution in [2.24, 2.45) is 0 Å². The van der Waals surface area contributed by atoms with E-state index in [1.165, 1.54) is 6.07 Å². The van der Waals surface area contributed by atoms with Gasteiger partial charge in [0.05, 0.1) is 5.56 Å². The van der Waals surface area contributed by atoms with E-state index in [0.29, 0.717) is 5.56 Å². The number of benzene rings is 1. The van der Waals surface area contributed by atoms with Crippen molar-refractivity contribution >= 4 is 0 Å². The summed E-state index contributed by atoms with van der Waals surface area (Å²) in [6.07, 6.45) is 0.442. The maximum absolute atomic E-state index is 13.1. The third-order valence-corrected chi connectivity index (χ3v) is 3.37. The zero-order valence-corrected chi connectivity index (χ0v) is 9.36. The van der Waals surface area contributed by atoms with Gasteiger partial charge in [0.2, 0.25) is 0 Å². The number of hydrogen-bond donors (Lipinski definition) is 0. The Hall–Kier alpha value is -1.06. The van der Waals surface area contributed by atoms with E-state index in [1.54, 1.807) is 0 Å². The third-order valence-electron chi connectivity index (χ3n) is 3.37. The molecule has 1 aromatic carbocycles. The summed E-state index contributed by atoms with van der Waals surface area (Å²) in [5.41, 5.74) is -0.515. The SMILES string of the molecule is Fc1ccc(C2CCCCC2)cc1C(F)(F)F. The van der Waals surface area contributed by atoms with Crippen molar-refractivity contribution in [1.29, 1.82) is 0 Å². The Labute approximate surface area is 97.6 Å². The zero-order valence-electron chi connectivity index (χ0n) is 9.36. The van der Waals surface area contributed by atoms with Gasteiger partial charge in [-0.25, -0.2) is 4.39 Å². The second-order valence-electron chi connectivity index (χ2n) is 4.57. The molecular weight excluding hydrogens is 232 g/mol. The van der Waals surface area contributed by atoms with Crippen LogP contribution in [0.4, 0.5) is 17.6 Å². The van der Waals surface area contributed by atoms with Crippen molar-refractivity contribution in [2.45, 2.75) is 44.2 Å². The van der Waals surface area contributed by atoms with Crippen molar-refractivity contribution in [3.8, 4) is 0 Å². The largest absolute Gasteiger partial charge is 0.419 e. The van der Waals surface area contributed by atoms with Crippen molar-refractivity contribution in [1.82, 2.24) is 0 Å². The Morgan fingerprint density at radius 2 is 1.65 bits per heavy atom. The second kappa shape index (κ2) is 4.67. The molecule has 0 saturated heterocycles. The highest BCUT2D eigenvalue weighted by molar-refractivity contribution is 5.30. The molecule has 1 aromatic rings. The lowest BCUT2D eigenvalue weighted by molar-refractivity contribution is -0.140. The Morgan fingerprint density at radius 3 is 2.24 bits per heavy atom. The van der Waals surface area contributed by atoms with Gasteiger partial charge in [-0.2, -0.15) is 13.2 Å². The summed E-state index contributed by atoms with van der Waals surface area (Å²) in [6.45, 7) is 0. The molecule has 0 amide bonds. The average Bonchev–Trinajstić information content (AvgIpc) is 2.29. The molecule has 0 nitrogen and oxygen atoms in total. The molecule has 2 rings (SSSR count). The number of rotatable bonds is 1. The summed E-state index contributed by atoms with van der Waals surface area (Å²) >= 11 is 0. The molecule has 0 spiro atoms. The normalized spacial score (nSPS) is 18.4. The van der Waals surface area contributed by atoms with E-state index < -0.39 is 17.6 Å². The van der Waals surface area contributed by atoms with Gasteiger partial charge in [0, 0.05) is 0 Å². The number of hydrogen-bond acceptors (Lipinski definition) is 0. The fourth-order valence-corrected chi connectivity index (χ4v) is 2.45. The Bertz CT molecular complexity index is 389. The maximum Gasteiger partial charge on any atom is 0.419 e. The van der Waals surface area contributed by atoms with Crippen LogP contribution in [0.5, 0.6) is 0 Å². The highest BCUT2D eigenvalue weighted by atomic mass is 19.4. The standard InChI is InChI=1S/C13H14F4/c14-12-7-6-10(8-11(12)13(15,16)17)9-4-2-1-3-5-9/h6-9H,1-5H2. The van der Waals surface area contributed by atoms with Gasteiger partial charge in [-0.05, 0) is 36.5 Å². The van der Waals surface area contributed by atoms with Gasteiger partial charge < -0.3 is 0 Å². The van der Waals surface area contributed by atoms with Crippen LogP contribution in [0.25, 0.3) is 0 Å². The molecule has 4 heteroatoms. The Kier molecular flexibility index (Phi) is 3.40. The minimum atomic E-state index is -4.60. The van der Waals surface area contributed by atoms with Gasteiger partial charge >= 0.3 is 6.18 Å². The van der Waals surface area contributed by atoms with E-state index in [2.05, 4.69) is 0 Å². The van der Waals surface area contributed by atoms with Gasteiger partial charge in [-0.1, -0.05) is 25.3 Å². The van der Waals surface area contributed by atoms with Gasteiger partial charge in [0.25, 0.3) is 0 Å². The molecule has 0 radical (unpaired) electrons. The molecule has 0 aromatic heterocycles. The summed E-state index contributed by atoms with van der Waals surface area (Å²) in [4.78, 5) is 0. The monoisotopic (exact) mass is 246 g/mol. The predicted octanol–water partition coefficient (Wildman–Crippen LogP) is 4.89. The van der Waals surface area contributed by atoms with Gasteiger partial charge in [0.15, 0.2) is 0 Å². The zero-order chi connectivity index (χ0) is 12.5. The van der Waals surface area contributed by atoms with Crippen molar-refractivity contribution < 1.29 is 17.6 Å². The van der Waals surface area contributed by atoms with Crippen molar-refractivity contribution in [3.05, 3.63) is 35.1 Å². The fraction of sp³-hybridized carbons (Fsp3) is 0.538. The first-order valence-corrected chi connectivity index (χ1v) is 5.85. The van der Waals surface area contributed by atoms with E-state index in [-0.39, 0.29) is 5.92 Å². The van der Waals surface area contributed by atoms with Crippen LogP contribution in [0.2, 0.25) is 0 Å². The van der Waals surface area contributed by atoms with Crippen molar-refractivity contribution in [2.75, 3.05) is 0 Å². The second-order valence-corrected chi connectivity index (χ2v) is 4.57. The van der Waals surface area contributed by atoms with Crippen molar-refractivity contribution in [3.63, 3.8) is 0 Å². The smallest absolute Gasteiger partial charge is 0.206 e. The van der Waals surface area contributed by atoms with Crippen LogP contribution in [0.3, 0.4) is 0 Å². The molecule has 1 saturated carbocycles. The average molecular weight is 246 g/mol. The summed E-state index contributed by atoms with van der Waals surface area (Å²) in [7, 11) is 0. The van der Waals surface area contributed by atoms with Crippen LogP contribution in [0, 0.1) is 5.82 Å². The summed E-state index contributed by atoms with van der Waals surface area (Å²) < 4.78 is 50.8. The molecular formula is C13H14F4. The van der Waals surface area contributed by atoms with Crippen LogP contribution in [0.1, 0.15) is 49.1 Å². The van der Waals surface area contributed by atoms with E-state index in [9.17, 15) is 17.6 Å². The first kappa shape index (κ1) is 12.4. The molecule has 0 aliphatic heterocycles. The summed E-state index contributed by atoms with van der Waals surface area (Å²) in [5, 5.41) is 0. The molecule has 0 bridgehead atoms. The maximum atomic E-state index is 13.1. The minimum absolute atomic E-state index is 0.158. The molecule has 0 atom stereocenters. The fourth-order valence-electron chi connectivity index (χ4n) is 2.45. The summed E-state index contributed by atoms with van der Waals surface area (Å²) in [5.74, 6) is -1.03. The first-order chi connectivity index (χ1) is 7.98. The molecule has 0 N–H and O–H groups in total. The highest BCUT2D eigenvalue weighted by Gasteiger charge is 2.34. The quantitative estimate of drug-likeness (QED) is 0.619. The topological polar surface area (TPSA) is 0 Å². The molecule has 94 valence electrons. The van der Waals surface area contributed by atoms with E-state index >= 15 is 0 Å². The molecule has 1 aliphatic rings. The number of halogens is 4. The van der Waals surface area contributed by atoms with Crippen LogP contribution in [-0.4, -0.2) is 0 Å². The molecule has 1 aliphatic carbocycles. The van der Waals surface area contributed by atoms with E-state index in [0.717, 1.165) is 44.2 Å². The van der Waals surface area contributed by atoms with Gasteiger partial charge in [0.1, 0.15) is 5.82 Å². The lowest BCUT2D eigenvalue weighted by Gasteiger charge is -2.22. The number of alkyl halides is 3. The predicted molar refractivity (Wildman–Crippen MR) is 57.2 cm³/mol. The Balaban J connectivity index is 2.30. The lowest BCUT2D eigenvalue weighted by Crippen LogP contribution is -2.11. The van der Waals surface area contributed by atoms with Gasteiger partial charge in [-0.3, -0.25) is 0 Å². The molecule has 17 heavy (non-hydrogen) atoms. The highest BCUT2D eigenvalue weighted by Crippen LogP contribution is 2.37. The van der Waals surface area contributed by atoms with Crippen LogP contribution in [0.15, 0.2) is 18.2 Å². The third kappa shape index (κ3) is 2.79. The molecule has 0 unspecified atom stereocenters. The van der Waals surface area contributed by atoms with Gasteiger partial charge in [-0.15, -0.1) is 0 Å².